The number of carbonyl (C=O) groups excluding carboxylic acids is 1. The second kappa shape index (κ2) is 8.78. The Labute approximate surface area is 179 Å². The van der Waals surface area contributed by atoms with Crippen LogP contribution in [0.15, 0.2) is 69.1 Å². The molecule has 1 aromatic heterocycles. The van der Waals surface area contributed by atoms with Crippen molar-refractivity contribution in [3.63, 3.8) is 0 Å². The standard InChI is InChI=1S/C21H12BrClN2O4/c22-14-2-1-3-15(10-14)25-20(26)13(11-24)8-16-5-7-19(29-16)12-4-6-18(23)17(9-12)21(27)28/h1-10H,(H,25,26)(H,27,28). The third kappa shape index (κ3) is 4.93. The molecule has 2 N–H and O–H groups in total. The highest BCUT2D eigenvalue weighted by Gasteiger charge is 2.14. The highest BCUT2D eigenvalue weighted by Crippen LogP contribution is 2.28. The first-order chi connectivity index (χ1) is 13.9. The van der Waals surface area contributed by atoms with Crippen molar-refractivity contribution >= 4 is 51.2 Å². The summed E-state index contributed by atoms with van der Waals surface area (Å²) in [5, 5.41) is 21.3. The minimum Gasteiger partial charge on any atom is -0.478 e. The zero-order valence-electron chi connectivity index (χ0n) is 14.6. The summed E-state index contributed by atoms with van der Waals surface area (Å²) in [5.41, 5.74) is 0.841. The first-order valence-electron chi connectivity index (χ1n) is 8.19. The molecule has 0 unspecified atom stereocenters. The predicted molar refractivity (Wildman–Crippen MR) is 112 cm³/mol. The maximum absolute atomic E-state index is 12.4. The number of carboxylic acid groups (broad SMARTS) is 1. The maximum Gasteiger partial charge on any atom is 0.337 e. The summed E-state index contributed by atoms with van der Waals surface area (Å²) in [6.45, 7) is 0. The molecule has 144 valence electrons. The summed E-state index contributed by atoms with van der Waals surface area (Å²) in [6, 6.07) is 16.5. The summed E-state index contributed by atoms with van der Waals surface area (Å²) in [6.07, 6.45) is 1.31. The third-order valence-electron chi connectivity index (χ3n) is 3.84. The van der Waals surface area contributed by atoms with Gasteiger partial charge in [0.05, 0.1) is 10.6 Å². The molecule has 0 fully saturated rings. The number of hydrogen-bond donors (Lipinski definition) is 2. The fourth-order valence-electron chi connectivity index (χ4n) is 2.48. The average molecular weight is 472 g/mol. The number of furan rings is 1. The molecule has 0 saturated heterocycles. The lowest BCUT2D eigenvalue weighted by molar-refractivity contribution is -0.112. The molecule has 0 radical (unpaired) electrons. The van der Waals surface area contributed by atoms with Crippen LogP contribution in [0.1, 0.15) is 16.1 Å². The van der Waals surface area contributed by atoms with E-state index in [0.29, 0.717) is 17.0 Å². The van der Waals surface area contributed by atoms with Crippen LogP contribution in [0.5, 0.6) is 0 Å². The van der Waals surface area contributed by atoms with Gasteiger partial charge < -0.3 is 14.8 Å². The molecule has 1 amide bonds. The van der Waals surface area contributed by atoms with E-state index in [-0.39, 0.29) is 21.9 Å². The van der Waals surface area contributed by atoms with E-state index < -0.39 is 11.9 Å². The molecule has 0 spiro atoms. The molecule has 0 aliphatic carbocycles. The topological polar surface area (TPSA) is 103 Å². The van der Waals surface area contributed by atoms with Gasteiger partial charge in [-0.25, -0.2) is 4.79 Å². The normalized spacial score (nSPS) is 11.0. The number of nitrogens with zero attached hydrogens (tertiary/aromatic N) is 1. The van der Waals surface area contributed by atoms with Gasteiger partial charge in [-0.05, 0) is 48.5 Å². The van der Waals surface area contributed by atoms with Crippen molar-refractivity contribution < 1.29 is 19.1 Å². The molecule has 0 aliphatic rings. The third-order valence-corrected chi connectivity index (χ3v) is 4.67. The highest BCUT2D eigenvalue weighted by atomic mass is 79.9. The van der Waals surface area contributed by atoms with Crippen LogP contribution in [-0.4, -0.2) is 17.0 Å². The zero-order valence-corrected chi connectivity index (χ0v) is 17.0. The van der Waals surface area contributed by atoms with Crippen LogP contribution in [0.3, 0.4) is 0 Å². The van der Waals surface area contributed by atoms with E-state index in [2.05, 4.69) is 21.2 Å². The van der Waals surface area contributed by atoms with E-state index in [9.17, 15) is 20.0 Å². The quantitative estimate of drug-likeness (QED) is 0.372. The smallest absolute Gasteiger partial charge is 0.337 e. The molecule has 3 aromatic rings. The monoisotopic (exact) mass is 470 g/mol. The van der Waals surface area contributed by atoms with E-state index in [1.807, 2.05) is 12.1 Å². The number of halogens is 2. The van der Waals surface area contributed by atoms with Gasteiger partial charge in [-0.1, -0.05) is 33.6 Å². The molecule has 8 heteroatoms. The van der Waals surface area contributed by atoms with Crippen LogP contribution >= 0.6 is 27.5 Å². The largest absolute Gasteiger partial charge is 0.478 e. The van der Waals surface area contributed by atoms with Gasteiger partial charge in [0.1, 0.15) is 23.2 Å². The van der Waals surface area contributed by atoms with Crippen molar-refractivity contribution in [1.82, 2.24) is 0 Å². The number of anilines is 1. The van der Waals surface area contributed by atoms with Crippen LogP contribution in [-0.2, 0) is 4.79 Å². The Morgan fingerprint density at radius 3 is 2.66 bits per heavy atom. The van der Waals surface area contributed by atoms with Gasteiger partial charge in [0.25, 0.3) is 5.91 Å². The number of rotatable bonds is 5. The number of benzene rings is 2. The molecule has 1 heterocycles. The lowest BCUT2D eigenvalue weighted by atomic mass is 10.1. The molecule has 3 rings (SSSR count). The maximum atomic E-state index is 12.4. The van der Waals surface area contributed by atoms with Crippen LogP contribution in [0, 0.1) is 11.3 Å². The van der Waals surface area contributed by atoms with Gasteiger partial charge in [-0.3, -0.25) is 4.79 Å². The summed E-state index contributed by atoms with van der Waals surface area (Å²) in [4.78, 5) is 23.6. The average Bonchev–Trinajstić information content (AvgIpc) is 3.14. The molecular formula is C21H12BrClN2O4. The van der Waals surface area contributed by atoms with Crippen molar-refractivity contribution in [3.05, 3.63) is 81.0 Å². The van der Waals surface area contributed by atoms with E-state index in [1.165, 1.54) is 18.2 Å². The molecule has 0 aliphatic heterocycles. The van der Waals surface area contributed by atoms with E-state index in [4.69, 9.17) is 16.0 Å². The van der Waals surface area contributed by atoms with E-state index in [1.54, 1.807) is 36.4 Å². The van der Waals surface area contributed by atoms with Crippen molar-refractivity contribution in [2.75, 3.05) is 5.32 Å². The lowest BCUT2D eigenvalue weighted by Crippen LogP contribution is -2.13. The SMILES string of the molecule is N#CC(=Cc1ccc(-c2ccc(Cl)c(C(=O)O)c2)o1)C(=O)Nc1cccc(Br)c1. The van der Waals surface area contributed by atoms with Crippen LogP contribution in [0.4, 0.5) is 5.69 Å². The van der Waals surface area contributed by atoms with Crippen molar-refractivity contribution in [3.8, 4) is 17.4 Å². The fourth-order valence-corrected chi connectivity index (χ4v) is 3.08. The van der Waals surface area contributed by atoms with Crippen molar-refractivity contribution in [2.24, 2.45) is 0 Å². The number of aromatic carboxylic acids is 1. The molecule has 29 heavy (non-hydrogen) atoms. The fraction of sp³-hybridized carbons (Fsp3) is 0. The zero-order chi connectivity index (χ0) is 21.0. The summed E-state index contributed by atoms with van der Waals surface area (Å²) in [7, 11) is 0. The van der Waals surface area contributed by atoms with Crippen LogP contribution in [0.2, 0.25) is 5.02 Å². The minimum atomic E-state index is -1.15. The van der Waals surface area contributed by atoms with Gasteiger partial charge in [0.15, 0.2) is 0 Å². The number of carboxylic acids is 1. The van der Waals surface area contributed by atoms with Gasteiger partial charge >= 0.3 is 5.97 Å². The van der Waals surface area contributed by atoms with E-state index in [0.717, 1.165) is 4.47 Å². The lowest BCUT2D eigenvalue weighted by Gasteiger charge is -2.04. The first-order valence-corrected chi connectivity index (χ1v) is 9.36. The van der Waals surface area contributed by atoms with Gasteiger partial charge in [0, 0.05) is 21.8 Å². The molecule has 0 atom stereocenters. The highest BCUT2D eigenvalue weighted by molar-refractivity contribution is 9.10. The van der Waals surface area contributed by atoms with Gasteiger partial charge in [-0.15, -0.1) is 0 Å². The number of nitrogens with one attached hydrogen (secondary N) is 1. The van der Waals surface area contributed by atoms with Crippen molar-refractivity contribution in [1.29, 1.82) is 5.26 Å². The van der Waals surface area contributed by atoms with Crippen LogP contribution < -0.4 is 5.32 Å². The predicted octanol–water partition coefficient (Wildman–Crippen LogP) is 5.61. The molecular weight excluding hydrogens is 460 g/mol. The summed E-state index contributed by atoms with van der Waals surface area (Å²) < 4.78 is 6.43. The van der Waals surface area contributed by atoms with Gasteiger partial charge in [0.2, 0.25) is 0 Å². The Morgan fingerprint density at radius 1 is 1.17 bits per heavy atom. The molecule has 0 saturated carbocycles. The first kappa shape index (κ1) is 20.4. The van der Waals surface area contributed by atoms with Crippen molar-refractivity contribution in [2.45, 2.75) is 0 Å². The minimum absolute atomic E-state index is 0.0521. The molecule has 6 nitrogen and oxygen atoms in total. The Hall–Kier alpha value is -3.34. The van der Waals surface area contributed by atoms with E-state index >= 15 is 0 Å². The van der Waals surface area contributed by atoms with Gasteiger partial charge in [-0.2, -0.15) is 5.26 Å². The Balaban J connectivity index is 1.84. The summed E-state index contributed by atoms with van der Waals surface area (Å²) in [5.74, 6) is -1.09. The Bertz CT molecular complexity index is 1180. The summed E-state index contributed by atoms with van der Waals surface area (Å²) >= 11 is 9.19. The Kier molecular flexibility index (Phi) is 6.17. The number of carbonyl (C=O) groups is 2. The second-order valence-electron chi connectivity index (χ2n) is 5.84. The molecule has 2 aromatic carbocycles. The number of hydrogen-bond acceptors (Lipinski definition) is 4. The van der Waals surface area contributed by atoms with Crippen LogP contribution in [0.25, 0.3) is 17.4 Å². The number of nitriles is 1. The molecule has 0 bridgehead atoms. The second-order valence-corrected chi connectivity index (χ2v) is 7.16. The Morgan fingerprint density at radius 2 is 1.97 bits per heavy atom. The number of amides is 1.